The fraction of sp³-hybridized carbons (Fsp3) is 0.727. The van der Waals surface area contributed by atoms with Crippen LogP contribution in [0.2, 0.25) is 0 Å². The van der Waals surface area contributed by atoms with E-state index in [2.05, 4.69) is 10.1 Å². The predicted octanol–water partition coefficient (Wildman–Crippen LogP) is 3.02. The lowest BCUT2D eigenvalue weighted by Crippen LogP contribution is -2.61. The highest BCUT2D eigenvalue weighted by molar-refractivity contribution is 8.23. The van der Waals surface area contributed by atoms with Crippen LogP contribution in [0.1, 0.15) is 13.8 Å². The van der Waals surface area contributed by atoms with Gasteiger partial charge in [-0.3, -0.25) is 4.79 Å². The first kappa shape index (κ1) is 19.9. The van der Waals surface area contributed by atoms with Gasteiger partial charge in [0.05, 0.1) is 12.0 Å². The second-order valence-corrected chi connectivity index (χ2v) is 7.47. The van der Waals surface area contributed by atoms with Crippen LogP contribution in [0.3, 0.4) is 0 Å². The molecule has 0 radical (unpaired) electrons. The average Bonchev–Trinajstić information content (AvgIpc) is 2.37. The van der Waals surface area contributed by atoms with Crippen LogP contribution < -0.4 is 5.32 Å². The number of hydrogen-bond acceptors (Lipinski definition) is 7. The molecule has 0 aromatic rings. The number of β-lactam (4-membered cyclic amide) rings is 1. The summed E-state index contributed by atoms with van der Waals surface area (Å²) in [4.78, 5) is 22.0. The van der Waals surface area contributed by atoms with Crippen molar-refractivity contribution in [2.24, 2.45) is 5.92 Å². The Morgan fingerprint density at radius 3 is 2.55 bits per heavy atom. The third kappa shape index (κ3) is 5.81. The first-order chi connectivity index (χ1) is 10.3. The number of hydrogen-bond donors (Lipinski definition) is 1. The van der Waals surface area contributed by atoms with Crippen LogP contribution in [0.15, 0.2) is 0 Å². The molecular formula is C11H14Cl3NO5S2. The summed E-state index contributed by atoms with van der Waals surface area (Å²) >= 11 is 22.6. The molecule has 1 N–H and O–H groups in total. The van der Waals surface area contributed by atoms with Crippen LogP contribution in [0, 0.1) is 5.92 Å². The van der Waals surface area contributed by atoms with Gasteiger partial charge in [0.2, 0.25) is 15.9 Å². The van der Waals surface area contributed by atoms with E-state index in [1.807, 2.05) is 0 Å². The largest absolute Gasteiger partial charge is 0.510 e. The van der Waals surface area contributed by atoms with E-state index in [9.17, 15) is 9.59 Å². The van der Waals surface area contributed by atoms with Crippen LogP contribution in [0.25, 0.3) is 0 Å². The smallest absolute Gasteiger partial charge is 0.479 e. The van der Waals surface area contributed by atoms with Gasteiger partial charge in [0.1, 0.15) is 12.0 Å². The normalized spacial score (nSPS) is 23.1. The standard InChI is InChI=1S/C11H14Cl3NO5S2/c1-3-18-11(21)22-9-5(8(16)15-9)4(2)19-10(17)20-7(14)6(12)13/h4-7,9H,3H2,1-2H3,(H,15,16)/t4?,5-,7?,9+/m0/s1. The molecule has 0 saturated carbocycles. The lowest BCUT2D eigenvalue weighted by Gasteiger charge is -2.38. The number of thiocarbonyl (C=S) groups is 1. The van der Waals surface area contributed by atoms with Crippen LogP contribution in [-0.4, -0.2) is 44.9 Å². The fourth-order valence-corrected chi connectivity index (χ4v) is 3.25. The van der Waals surface area contributed by atoms with Crippen molar-refractivity contribution in [1.29, 1.82) is 0 Å². The summed E-state index contributed by atoms with van der Waals surface area (Å²) in [5, 5.41) is 2.31. The molecular weight excluding hydrogens is 397 g/mol. The zero-order chi connectivity index (χ0) is 16.9. The molecule has 4 atom stereocenters. The first-order valence-electron chi connectivity index (χ1n) is 6.19. The fourth-order valence-electron chi connectivity index (χ4n) is 1.58. The molecule has 1 aliphatic heterocycles. The van der Waals surface area contributed by atoms with Crippen LogP contribution in [0.5, 0.6) is 0 Å². The Morgan fingerprint density at radius 2 is 2.05 bits per heavy atom. The molecule has 1 aliphatic rings. The third-order valence-corrected chi connectivity index (χ3v) is 5.03. The Bertz CT molecular complexity index is 440. The highest BCUT2D eigenvalue weighted by Crippen LogP contribution is 2.31. The van der Waals surface area contributed by atoms with Gasteiger partial charge in [-0.15, -0.1) is 0 Å². The van der Waals surface area contributed by atoms with Gasteiger partial charge in [-0.05, 0) is 26.1 Å². The minimum atomic E-state index is -1.24. The molecule has 6 nitrogen and oxygen atoms in total. The summed E-state index contributed by atoms with van der Waals surface area (Å²) in [5.74, 6) is -0.834. The zero-order valence-electron chi connectivity index (χ0n) is 11.6. The first-order valence-corrected chi connectivity index (χ1v) is 8.79. The molecule has 0 bridgehead atoms. The van der Waals surface area contributed by atoms with Gasteiger partial charge in [-0.2, -0.15) is 0 Å². The van der Waals surface area contributed by atoms with Gasteiger partial charge in [0.25, 0.3) is 0 Å². The van der Waals surface area contributed by atoms with Gasteiger partial charge in [-0.25, -0.2) is 4.79 Å². The monoisotopic (exact) mass is 409 g/mol. The number of alkyl halides is 3. The topological polar surface area (TPSA) is 73.9 Å². The molecule has 0 aliphatic carbocycles. The van der Waals surface area contributed by atoms with E-state index in [0.29, 0.717) is 11.0 Å². The van der Waals surface area contributed by atoms with Crippen molar-refractivity contribution in [3.8, 4) is 0 Å². The molecule has 0 spiro atoms. The van der Waals surface area contributed by atoms with Crippen molar-refractivity contribution in [2.45, 2.75) is 35.7 Å². The summed E-state index contributed by atoms with van der Waals surface area (Å²) in [7, 11) is 0. The van der Waals surface area contributed by atoms with E-state index >= 15 is 0 Å². The summed E-state index contributed by atoms with van der Waals surface area (Å²) in [6.07, 6.45) is -1.80. The number of amides is 1. The summed E-state index contributed by atoms with van der Waals surface area (Å²) in [5.41, 5.74) is -1.24. The molecule has 1 rings (SSSR count). The Labute approximate surface area is 152 Å². The second kappa shape index (κ2) is 9.22. The van der Waals surface area contributed by atoms with Crippen LogP contribution in [-0.2, 0) is 19.0 Å². The lowest BCUT2D eigenvalue weighted by molar-refractivity contribution is -0.137. The number of carbonyl (C=O) groups excluding carboxylic acids is 2. The van der Waals surface area contributed by atoms with E-state index in [0.717, 1.165) is 0 Å². The Balaban J connectivity index is 2.49. The number of thioether (sulfide) groups is 1. The minimum Gasteiger partial charge on any atom is -0.479 e. The maximum atomic E-state index is 11.6. The molecule has 1 fully saturated rings. The number of nitrogens with one attached hydrogen (secondary N) is 1. The Kier molecular flexibility index (Phi) is 8.34. The number of ether oxygens (including phenoxy) is 3. The maximum Gasteiger partial charge on any atom is 0.510 e. The van der Waals surface area contributed by atoms with Crippen molar-refractivity contribution in [2.75, 3.05) is 6.61 Å². The molecule has 0 aromatic heterocycles. The van der Waals surface area contributed by atoms with Crippen LogP contribution >= 0.6 is 58.8 Å². The van der Waals surface area contributed by atoms with Crippen LogP contribution in [0.4, 0.5) is 4.79 Å². The quantitative estimate of drug-likeness (QED) is 0.312. The third-order valence-electron chi connectivity index (χ3n) is 2.59. The Morgan fingerprint density at radius 1 is 1.41 bits per heavy atom. The molecule has 0 aromatic carbocycles. The van der Waals surface area contributed by atoms with Gasteiger partial charge in [0, 0.05) is 0 Å². The van der Waals surface area contributed by atoms with E-state index in [1.165, 1.54) is 11.8 Å². The number of carbonyl (C=O) groups is 2. The van der Waals surface area contributed by atoms with Crippen molar-refractivity contribution < 1.29 is 23.8 Å². The van der Waals surface area contributed by atoms with E-state index in [4.69, 9.17) is 56.5 Å². The van der Waals surface area contributed by atoms with Gasteiger partial charge >= 0.3 is 6.16 Å². The maximum absolute atomic E-state index is 11.6. The van der Waals surface area contributed by atoms with E-state index in [1.54, 1.807) is 13.8 Å². The summed E-state index contributed by atoms with van der Waals surface area (Å²) in [6.45, 7) is 3.80. The molecule has 22 heavy (non-hydrogen) atoms. The van der Waals surface area contributed by atoms with Crippen molar-refractivity contribution >= 4 is 75.2 Å². The van der Waals surface area contributed by atoms with Gasteiger partial charge in [0.15, 0.2) is 4.84 Å². The molecule has 126 valence electrons. The van der Waals surface area contributed by atoms with Gasteiger partial charge < -0.3 is 19.5 Å². The molecule has 1 heterocycles. The van der Waals surface area contributed by atoms with Gasteiger partial charge in [-0.1, -0.05) is 46.6 Å². The highest BCUT2D eigenvalue weighted by Gasteiger charge is 2.46. The highest BCUT2D eigenvalue weighted by atomic mass is 35.5. The SMILES string of the molecule is CCOC(=S)S[C@H]1NC(=O)[C@@H]1C(C)OC(=O)OC(Cl)C(Cl)Cl. The Hall–Kier alpha value is -0.150. The molecule has 2 unspecified atom stereocenters. The van der Waals surface area contributed by atoms with E-state index < -0.39 is 28.6 Å². The van der Waals surface area contributed by atoms with Crippen molar-refractivity contribution in [3.63, 3.8) is 0 Å². The molecule has 1 saturated heterocycles. The summed E-state index contributed by atoms with van der Waals surface area (Å²) < 4.78 is 15.1. The lowest BCUT2D eigenvalue weighted by atomic mass is 9.96. The van der Waals surface area contributed by atoms with Crippen molar-refractivity contribution in [1.82, 2.24) is 5.32 Å². The molecule has 1 amide bonds. The van der Waals surface area contributed by atoms with E-state index in [-0.39, 0.29) is 11.3 Å². The average molecular weight is 411 g/mol. The zero-order valence-corrected chi connectivity index (χ0v) is 15.5. The molecule has 11 heteroatoms. The second-order valence-electron chi connectivity index (χ2n) is 4.13. The summed E-state index contributed by atoms with van der Waals surface area (Å²) in [6, 6.07) is 0. The predicted molar refractivity (Wildman–Crippen MR) is 89.4 cm³/mol. The van der Waals surface area contributed by atoms with Crippen molar-refractivity contribution in [3.05, 3.63) is 0 Å². The number of rotatable bonds is 6. The minimum absolute atomic E-state index is 0.257. The number of halogens is 3.